The van der Waals surface area contributed by atoms with Gasteiger partial charge in [-0.1, -0.05) is 23.2 Å². The van der Waals surface area contributed by atoms with Crippen molar-refractivity contribution in [2.45, 2.75) is 12.4 Å². The molecular weight excluding hydrogens is 358 g/mol. The number of nitrogens with zero attached hydrogens (tertiary/aromatic N) is 1. The normalized spacial score (nSPS) is 12.4. The van der Waals surface area contributed by atoms with Crippen molar-refractivity contribution < 1.29 is 40.2 Å². The Labute approximate surface area is 122 Å². The maximum atomic E-state index is 13.2. The van der Waals surface area contributed by atoms with Crippen molar-refractivity contribution in [2.75, 3.05) is 13.2 Å². The lowest BCUT2D eigenvalue weighted by atomic mass is 10.4. The summed E-state index contributed by atoms with van der Waals surface area (Å²) in [5, 5.41) is -1.92. The molecule has 21 heavy (non-hydrogen) atoms. The molecule has 3 nitrogen and oxygen atoms in total. The first-order chi connectivity index (χ1) is 9.41. The Morgan fingerprint density at radius 3 is 1.81 bits per heavy atom. The van der Waals surface area contributed by atoms with Gasteiger partial charge in [0, 0.05) is 0 Å². The predicted molar refractivity (Wildman–Crippen MR) is 57.3 cm³/mol. The zero-order chi connectivity index (χ0) is 16.4. The van der Waals surface area contributed by atoms with E-state index in [0.717, 1.165) is 0 Å². The molecule has 0 amide bonds. The Morgan fingerprint density at radius 2 is 1.33 bits per heavy atom. The second-order valence-electron chi connectivity index (χ2n) is 3.47. The van der Waals surface area contributed by atoms with E-state index in [-0.39, 0.29) is 0 Å². The van der Waals surface area contributed by atoms with E-state index in [1.54, 1.807) is 0 Å². The Hall–Kier alpha value is -1.16. The van der Waals surface area contributed by atoms with Gasteiger partial charge in [-0.15, -0.1) is 0 Å². The van der Waals surface area contributed by atoms with E-state index in [9.17, 15) is 30.7 Å². The fraction of sp³-hybridized carbons (Fsp3) is 0.444. The van der Waals surface area contributed by atoms with Crippen molar-refractivity contribution in [2.24, 2.45) is 0 Å². The van der Waals surface area contributed by atoms with Gasteiger partial charge in [0.2, 0.25) is 11.8 Å². The van der Waals surface area contributed by atoms with Crippen LogP contribution in [0.15, 0.2) is 0 Å². The van der Waals surface area contributed by atoms with E-state index in [0.29, 0.717) is 0 Å². The molecule has 0 unspecified atom stereocenters. The maximum absolute atomic E-state index is 13.2. The van der Waals surface area contributed by atoms with Crippen molar-refractivity contribution in [3.05, 3.63) is 16.0 Å². The van der Waals surface area contributed by atoms with Crippen LogP contribution in [0.5, 0.6) is 11.6 Å². The molecule has 0 radical (unpaired) electrons. The first-order valence-corrected chi connectivity index (χ1v) is 5.60. The molecule has 0 atom stereocenters. The topological polar surface area (TPSA) is 31.4 Å². The average molecular weight is 362 g/mol. The summed E-state index contributed by atoms with van der Waals surface area (Å²) in [6.07, 6.45) is -9.58. The predicted octanol–water partition coefficient (Wildman–Crippen LogP) is 4.41. The monoisotopic (exact) mass is 361 g/mol. The van der Waals surface area contributed by atoms with Gasteiger partial charge in [0.05, 0.1) is 0 Å². The summed E-state index contributed by atoms with van der Waals surface area (Å²) < 4.78 is 93.4. The number of pyridine rings is 1. The van der Waals surface area contributed by atoms with Crippen molar-refractivity contribution in [1.29, 1.82) is 0 Å². The number of rotatable bonds is 4. The zero-order valence-corrected chi connectivity index (χ0v) is 11.1. The van der Waals surface area contributed by atoms with E-state index in [2.05, 4.69) is 14.5 Å². The summed E-state index contributed by atoms with van der Waals surface area (Å²) in [7, 11) is 0. The van der Waals surface area contributed by atoms with E-state index >= 15 is 0 Å². The average Bonchev–Trinajstić information content (AvgIpc) is 2.29. The second-order valence-corrected chi connectivity index (χ2v) is 4.23. The molecule has 1 aromatic rings. The lowest BCUT2D eigenvalue weighted by Gasteiger charge is -2.15. The molecule has 12 heteroatoms. The number of hydrogen-bond donors (Lipinski definition) is 0. The van der Waals surface area contributed by atoms with E-state index in [1.807, 2.05) is 0 Å². The lowest BCUT2D eigenvalue weighted by molar-refractivity contribution is -0.154. The maximum Gasteiger partial charge on any atom is 0.422 e. The highest BCUT2D eigenvalue weighted by molar-refractivity contribution is 6.37. The van der Waals surface area contributed by atoms with Gasteiger partial charge in [-0.05, 0) is 0 Å². The van der Waals surface area contributed by atoms with Crippen molar-refractivity contribution in [3.8, 4) is 11.6 Å². The Balaban J connectivity index is 3.04. The van der Waals surface area contributed by atoms with Crippen LogP contribution in [0.4, 0.5) is 30.7 Å². The highest BCUT2D eigenvalue weighted by Crippen LogP contribution is 2.40. The summed E-state index contributed by atoms with van der Waals surface area (Å²) in [6, 6.07) is 0. The molecule has 0 N–H and O–H groups in total. The van der Waals surface area contributed by atoms with E-state index in [4.69, 9.17) is 23.2 Å². The molecule has 0 saturated heterocycles. The fourth-order valence-corrected chi connectivity index (χ4v) is 1.49. The summed E-state index contributed by atoms with van der Waals surface area (Å²) >= 11 is 10.7. The van der Waals surface area contributed by atoms with Gasteiger partial charge in [0.1, 0.15) is 10.0 Å². The Kier molecular flexibility index (Phi) is 5.37. The molecule has 0 fully saturated rings. The van der Waals surface area contributed by atoms with E-state index in [1.165, 1.54) is 0 Å². The van der Waals surface area contributed by atoms with Gasteiger partial charge < -0.3 is 9.47 Å². The molecule has 1 aromatic heterocycles. The minimum absolute atomic E-state index is 0.908. The summed E-state index contributed by atoms with van der Waals surface area (Å²) in [4.78, 5) is 2.87. The molecule has 1 rings (SSSR count). The third kappa shape index (κ3) is 5.62. The molecule has 120 valence electrons. The number of aromatic nitrogens is 1. The smallest absolute Gasteiger partial charge is 0.422 e. The molecule has 0 aliphatic heterocycles. The quantitative estimate of drug-likeness (QED) is 0.588. The fourth-order valence-electron chi connectivity index (χ4n) is 1.00. The third-order valence-electron chi connectivity index (χ3n) is 1.72. The summed E-state index contributed by atoms with van der Waals surface area (Å²) in [6.45, 7) is -3.76. The Bertz CT molecular complexity index is 518. The standard InChI is InChI=1S/C9H4Cl2F7NO2/c10-3-5(20-1-8(13,14)15)4(11)7(19-6(3)12)21-2-9(16,17)18/h1-2H2. The highest BCUT2D eigenvalue weighted by Gasteiger charge is 2.32. The minimum atomic E-state index is -4.79. The largest absolute Gasteiger partial charge is 0.481 e. The zero-order valence-electron chi connectivity index (χ0n) is 9.58. The van der Waals surface area contributed by atoms with Crippen LogP contribution < -0.4 is 9.47 Å². The van der Waals surface area contributed by atoms with Crippen LogP contribution in [-0.4, -0.2) is 30.6 Å². The minimum Gasteiger partial charge on any atom is -0.481 e. The van der Waals surface area contributed by atoms with Gasteiger partial charge in [-0.3, -0.25) is 0 Å². The van der Waals surface area contributed by atoms with Crippen LogP contribution in [-0.2, 0) is 0 Å². The van der Waals surface area contributed by atoms with Gasteiger partial charge in [-0.25, -0.2) is 0 Å². The molecular formula is C9H4Cl2F7NO2. The Morgan fingerprint density at radius 1 is 0.857 bits per heavy atom. The van der Waals surface area contributed by atoms with Crippen LogP contribution in [0.3, 0.4) is 0 Å². The van der Waals surface area contributed by atoms with Crippen molar-refractivity contribution >= 4 is 23.2 Å². The van der Waals surface area contributed by atoms with Gasteiger partial charge >= 0.3 is 12.4 Å². The summed E-state index contributed by atoms with van der Waals surface area (Å²) in [5.41, 5.74) is 0. The third-order valence-corrected chi connectivity index (χ3v) is 2.38. The molecule has 1 heterocycles. The van der Waals surface area contributed by atoms with Crippen LogP contribution in [0, 0.1) is 5.95 Å². The molecule has 0 aliphatic rings. The van der Waals surface area contributed by atoms with Crippen LogP contribution in [0.25, 0.3) is 0 Å². The highest BCUT2D eigenvalue weighted by atomic mass is 35.5. The van der Waals surface area contributed by atoms with Gasteiger partial charge in [0.15, 0.2) is 19.0 Å². The number of hydrogen-bond acceptors (Lipinski definition) is 3. The van der Waals surface area contributed by atoms with Crippen molar-refractivity contribution in [3.63, 3.8) is 0 Å². The molecule has 0 saturated carbocycles. The lowest BCUT2D eigenvalue weighted by Crippen LogP contribution is -2.21. The number of alkyl halides is 6. The molecule has 0 bridgehead atoms. The second kappa shape index (κ2) is 6.30. The SMILES string of the molecule is Fc1nc(OCC(F)(F)F)c(Cl)c(OCC(F)(F)F)c1Cl. The van der Waals surface area contributed by atoms with E-state index < -0.39 is 53.2 Å². The van der Waals surface area contributed by atoms with Gasteiger partial charge in [-0.2, -0.15) is 35.7 Å². The first-order valence-electron chi connectivity index (χ1n) is 4.84. The molecule has 0 aromatic carbocycles. The van der Waals surface area contributed by atoms with Crippen LogP contribution in [0.1, 0.15) is 0 Å². The number of halogens is 9. The molecule has 0 spiro atoms. The van der Waals surface area contributed by atoms with Crippen LogP contribution in [0.2, 0.25) is 10.0 Å². The van der Waals surface area contributed by atoms with Crippen LogP contribution >= 0.6 is 23.2 Å². The summed E-state index contributed by atoms with van der Waals surface area (Å²) in [5.74, 6) is -3.69. The first kappa shape index (κ1) is 17.9. The number of ether oxygens (including phenoxy) is 2. The van der Waals surface area contributed by atoms with Gasteiger partial charge in [0.25, 0.3) is 0 Å². The molecule has 0 aliphatic carbocycles. The van der Waals surface area contributed by atoms with Crippen molar-refractivity contribution in [1.82, 2.24) is 4.98 Å².